The van der Waals surface area contributed by atoms with Crippen molar-refractivity contribution in [1.29, 1.82) is 0 Å². The van der Waals surface area contributed by atoms with Gasteiger partial charge in [-0.1, -0.05) is 50.3 Å². The number of aliphatic imine (C=N–C) groups is 1. The highest BCUT2D eigenvalue weighted by Gasteiger charge is 2.05. The number of hydrogen-bond acceptors (Lipinski definition) is 2. The molecule has 0 radical (unpaired) electrons. The zero-order valence-corrected chi connectivity index (χ0v) is 10.6. The number of benzene rings is 1. The molecule has 0 aliphatic carbocycles. The molecule has 0 aromatic heterocycles. The Hall–Kier alpha value is -1.41. The summed E-state index contributed by atoms with van der Waals surface area (Å²) in [7, 11) is 0. The molecule has 0 fully saturated rings. The predicted octanol–water partition coefficient (Wildman–Crippen LogP) is 3.18. The number of rotatable bonds is 6. The Morgan fingerprint density at radius 3 is 2.53 bits per heavy atom. The Labute approximate surface area is 104 Å². The van der Waals surface area contributed by atoms with Gasteiger partial charge in [-0.05, 0) is 24.0 Å². The second-order valence-corrected chi connectivity index (χ2v) is 4.53. The molecule has 0 bridgehead atoms. The van der Waals surface area contributed by atoms with E-state index in [-0.39, 0.29) is 12.6 Å². The first kappa shape index (κ1) is 13.7. The van der Waals surface area contributed by atoms with Crippen LogP contribution in [0.2, 0.25) is 0 Å². The molecule has 2 heteroatoms. The Morgan fingerprint density at radius 1 is 1.24 bits per heavy atom. The molecule has 0 heterocycles. The lowest BCUT2D eigenvalue weighted by Gasteiger charge is -2.10. The van der Waals surface area contributed by atoms with Crippen molar-refractivity contribution in [3.63, 3.8) is 0 Å². The van der Waals surface area contributed by atoms with Crippen LogP contribution in [0.25, 0.3) is 6.08 Å². The summed E-state index contributed by atoms with van der Waals surface area (Å²) in [6, 6.07) is 10.1. The first-order chi connectivity index (χ1) is 8.22. The molecule has 0 spiro atoms. The number of aliphatic hydroxyl groups is 1. The fraction of sp³-hybridized carbons (Fsp3) is 0.400. The normalized spacial score (nSPS) is 13.9. The van der Waals surface area contributed by atoms with E-state index < -0.39 is 0 Å². The third-order valence-corrected chi connectivity index (χ3v) is 2.43. The van der Waals surface area contributed by atoms with Gasteiger partial charge in [0.25, 0.3) is 0 Å². The van der Waals surface area contributed by atoms with Crippen LogP contribution in [0.5, 0.6) is 0 Å². The van der Waals surface area contributed by atoms with Gasteiger partial charge in [-0.15, -0.1) is 0 Å². The van der Waals surface area contributed by atoms with Crippen molar-refractivity contribution < 1.29 is 5.11 Å². The van der Waals surface area contributed by atoms with Crippen molar-refractivity contribution >= 4 is 12.3 Å². The lowest BCUT2D eigenvalue weighted by atomic mass is 10.1. The van der Waals surface area contributed by atoms with E-state index in [1.54, 1.807) is 6.21 Å². The molecule has 0 aliphatic heterocycles. The van der Waals surface area contributed by atoms with Gasteiger partial charge in [0.15, 0.2) is 0 Å². The molecule has 0 saturated carbocycles. The Balaban J connectivity index is 2.45. The van der Waals surface area contributed by atoms with Gasteiger partial charge in [-0.25, -0.2) is 0 Å². The highest BCUT2D eigenvalue weighted by atomic mass is 16.3. The second kappa shape index (κ2) is 7.80. The fourth-order valence-corrected chi connectivity index (χ4v) is 1.62. The van der Waals surface area contributed by atoms with Crippen molar-refractivity contribution in [2.45, 2.75) is 26.3 Å². The van der Waals surface area contributed by atoms with Crippen molar-refractivity contribution in [2.75, 3.05) is 6.61 Å². The van der Waals surface area contributed by atoms with E-state index >= 15 is 0 Å². The summed E-state index contributed by atoms with van der Waals surface area (Å²) in [5.41, 5.74) is 1.16. The summed E-state index contributed by atoms with van der Waals surface area (Å²) in [5, 5.41) is 9.15. The minimum atomic E-state index is 0.0235. The van der Waals surface area contributed by atoms with Crippen LogP contribution in [-0.2, 0) is 0 Å². The zero-order valence-electron chi connectivity index (χ0n) is 10.6. The van der Waals surface area contributed by atoms with Gasteiger partial charge in [0, 0.05) is 6.21 Å². The van der Waals surface area contributed by atoms with Crippen LogP contribution >= 0.6 is 0 Å². The van der Waals surface area contributed by atoms with E-state index in [1.807, 2.05) is 42.5 Å². The van der Waals surface area contributed by atoms with E-state index in [9.17, 15) is 0 Å². The molecule has 1 aromatic carbocycles. The first-order valence-electron chi connectivity index (χ1n) is 6.08. The largest absolute Gasteiger partial charge is 0.394 e. The predicted molar refractivity (Wildman–Crippen MR) is 74.3 cm³/mol. The van der Waals surface area contributed by atoms with Gasteiger partial charge in [-0.3, -0.25) is 4.99 Å². The van der Waals surface area contributed by atoms with Crippen molar-refractivity contribution in [1.82, 2.24) is 0 Å². The van der Waals surface area contributed by atoms with Crippen LogP contribution < -0.4 is 0 Å². The first-order valence-corrected chi connectivity index (χ1v) is 6.08. The fourth-order valence-electron chi connectivity index (χ4n) is 1.62. The molecule has 17 heavy (non-hydrogen) atoms. The number of hydrogen-bond donors (Lipinski definition) is 1. The molecule has 0 saturated heterocycles. The Kier molecular flexibility index (Phi) is 6.26. The average Bonchev–Trinajstić information content (AvgIpc) is 2.34. The van der Waals surface area contributed by atoms with Gasteiger partial charge < -0.3 is 5.11 Å². The van der Waals surface area contributed by atoms with Gasteiger partial charge in [0.05, 0.1) is 12.6 Å². The number of nitrogens with zero attached hydrogens (tertiary/aromatic N) is 1. The molecule has 2 nitrogen and oxygen atoms in total. The van der Waals surface area contributed by atoms with Gasteiger partial charge in [0.2, 0.25) is 0 Å². The molecular weight excluding hydrogens is 210 g/mol. The smallest absolute Gasteiger partial charge is 0.0732 e. The molecule has 0 aliphatic rings. The van der Waals surface area contributed by atoms with Gasteiger partial charge in [-0.2, -0.15) is 0 Å². The summed E-state index contributed by atoms with van der Waals surface area (Å²) in [4.78, 5) is 4.34. The molecule has 92 valence electrons. The topological polar surface area (TPSA) is 32.6 Å². The van der Waals surface area contributed by atoms with Crippen molar-refractivity contribution in [3.8, 4) is 0 Å². The van der Waals surface area contributed by atoms with E-state index in [0.717, 1.165) is 12.0 Å². The lowest BCUT2D eigenvalue weighted by molar-refractivity contribution is 0.251. The standard InChI is InChI=1S/C15H21NO/c1-13(2)11-15(12-17)16-10-6-9-14-7-4-3-5-8-14/h3-10,13,15,17H,11-12H2,1-2H3/b9-6+,16-10?/t15-/m0/s1. The lowest BCUT2D eigenvalue weighted by Crippen LogP contribution is -2.13. The summed E-state index contributed by atoms with van der Waals surface area (Å²) < 4.78 is 0. The highest BCUT2D eigenvalue weighted by Crippen LogP contribution is 2.07. The average molecular weight is 231 g/mol. The summed E-state index contributed by atoms with van der Waals surface area (Å²) >= 11 is 0. The van der Waals surface area contributed by atoms with Crippen LogP contribution in [0, 0.1) is 5.92 Å². The van der Waals surface area contributed by atoms with Crippen molar-refractivity contribution in [2.24, 2.45) is 10.9 Å². The zero-order chi connectivity index (χ0) is 12.5. The molecular formula is C15H21NO. The van der Waals surface area contributed by atoms with E-state index in [2.05, 4.69) is 18.8 Å². The third-order valence-electron chi connectivity index (χ3n) is 2.43. The van der Waals surface area contributed by atoms with Crippen LogP contribution in [0.3, 0.4) is 0 Å². The molecule has 0 unspecified atom stereocenters. The minimum absolute atomic E-state index is 0.0235. The second-order valence-electron chi connectivity index (χ2n) is 4.53. The van der Waals surface area contributed by atoms with Gasteiger partial charge in [0.1, 0.15) is 0 Å². The number of aliphatic hydroxyl groups excluding tert-OH is 1. The molecule has 1 aromatic rings. The molecule has 1 atom stereocenters. The number of allylic oxidation sites excluding steroid dienone is 1. The maximum Gasteiger partial charge on any atom is 0.0732 e. The van der Waals surface area contributed by atoms with Crippen LogP contribution in [0.4, 0.5) is 0 Å². The molecule has 1 rings (SSSR count). The summed E-state index contributed by atoms with van der Waals surface area (Å²) in [5.74, 6) is 0.558. The van der Waals surface area contributed by atoms with Gasteiger partial charge >= 0.3 is 0 Å². The monoisotopic (exact) mass is 231 g/mol. The van der Waals surface area contributed by atoms with Crippen molar-refractivity contribution in [3.05, 3.63) is 42.0 Å². The molecule has 0 amide bonds. The SMILES string of the molecule is CC(C)C[C@@H](CO)N=C/C=C/c1ccccc1. The highest BCUT2D eigenvalue weighted by molar-refractivity contribution is 5.78. The summed E-state index contributed by atoms with van der Waals surface area (Å²) in [6.07, 6.45) is 6.62. The maximum absolute atomic E-state index is 9.15. The maximum atomic E-state index is 9.15. The quantitative estimate of drug-likeness (QED) is 0.749. The van der Waals surface area contributed by atoms with E-state index in [4.69, 9.17) is 5.11 Å². The third kappa shape index (κ3) is 6.03. The molecule has 1 N–H and O–H groups in total. The van der Waals surface area contributed by atoms with E-state index in [1.165, 1.54) is 0 Å². The van der Waals surface area contributed by atoms with E-state index in [0.29, 0.717) is 5.92 Å². The van der Waals surface area contributed by atoms with Crippen LogP contribution in [0.15, 0.2) is 41.4 Å². The minimum Gasteiger partial charge on any atom is -0.394 e. The Bertz CT molecular complexity index is 354. The Morgan fingerprint density at radius 2 is 1.94 bits per heavy atom. The van der Waals surface area contributed by atoms with Crippen LogP contribution in [0.1, 0.15) is 25.8 Å². The summed E-state index contributed by atoms with van der Waals surface area (Å²) in [6.45, 7) is 4.39. The van der Waals surface area contributed by atoms with Crippen LogP contribution in [-0.4, -0.2) is 24.0 Å².